The van der Waals surface area contributed by atoms with Gasteiger partial charge >= 0.3 is 0 Å². The van der Waals surface area contributed by atoms with Crippen molar-refractivity contribution in [1.29, 1.82) is 5.26 Å². The van der Waals surface area contributed by atoms with Crippen LogP contribution in [0.5, 0.6) is 5.75 Å². The molecular formula is C47H44ClN5O6. The third kappa shape index (κ3) is 6.69. The van der Waals surface area contributed by atoms with Crippen LogP contribution in [0.2, 0.25) is 5.02 Å². The van der Waals surface area contributed by atoms with Crippen molar-refractivity contribution in [2.45, 2.75) is 114 Å². The summed E-state index contributed by atoms with van der Waals surface area (Å²) in [5, 5.41) is 11.8. The second kappa shape index (κ2) is 14.4. The molecule has 300 valence electrons. The Bertz CT molecular complexity index is 2360. The number of rotatable bonds is 6. The van der Waals surface area contributed by atoms with Crippen molar-refractivity contribution in [3.05, 3.63) is 98.6 Å². The first-order valence-electron chi connectivity index (χ1n) is 20.9. The maximum absolute atomic E-state index is 13.8. The summed E-state index contributed by atoms with van der Waals surface area (Å²) in [6, 6.07) is 18.0. The van der Waals surface area contributed by atoms with E-state index < -0.39 is 23.8 Å². The fraction of sp³-hybridized carbons (Fsp3) is 0.447. The van der Waals surface area contributed by atoms with Gasteiger partial charge in [0.2, 0.25) is 11.8 Å². The normalized spacial score (nSPS) is 29.4. The van der Waals surface area contributed by atoms with Crippen molar-refractivity contribution < 1.29 is 28.7 Å². The first-order valence-corrected chi connectivity index (χ1v) is 21.3. The van der Waals surface area contributed by atoms with Gasteiger partial charge in [0.05, 0.1) is 21.7 Å². The van der Waals surface area contributed by atoms with E-state index in [-0.39, 0.29) is 53.7 Å². The highest BCUT2D eigenvalue weighted by Crippen LogP contribution is 2.57. The summed E-state index contributed by atoms with van der Waals surface area (Å²) in [6.07, 6.45) is 10.2. The standard InChI is InChI=1S/C47H44ClN5O6/c48-39-23-35(8-5-30(39)24-49)59-36-21-33-6-7-34(22-36)52(33)43(56)29-3-1-28(2-4-29)11-12-46-13-16-47(17-14-46,18-15-46)27-51-25-31-19-37-38(20-32(31)26-51)45(58)53(44(37)57)40-9-10-41(54)50-42(40)55/h1-5,8,19-20,23,33-34,36,40H,6-7,9-10,13-18,21-22,25-27H2,(H,50,54,55). The molecule has 0 spiro atoms. The number of hydrogen-bond acceptors (Lipinski definition) is 8. The van der Waals surface area contributed by atoms with Gasteiger partial charge in [-0.25, -0.2) is 0 Å². The SMILES string of the molecule is N#Cc1ccc(OC2CC3CCC(C2)N3C(=O)c2ccc(C#CC34CCC(CN5Cc6cc7c(cc6C5)C(=O)N(C5CCC(=O)NC5=O)C7=O)(CC3)CC4)cc2)cc1Cl. The smallest absolute Gasteiger partial charge is 0.262 e. The van der Waals surface area contributed by atoms with Gasteiger partial charge in [-0.1, -0.05) is 23.4 Å². The van der Waals surface area contributed by atoms with E-state index in [1.54, 1.807) is 18.2 Å². The van der Waals surface area contributed by atoms with Crippen molar-refractivity contribution in [3.8, 4) is 23.7 Å². The monoisotopic (exact) mass is 809 g/mol. The molecule has 3 saturated heterocycles. The lowest BCUT2D eigenvalue weighted by Crippen LogP contribution is -2.54. The van der Waals surface area contributed by atoms with Gasteiger partial charge in [-0.05, 0) is 123 Å². The molecule has 3 aromatic carbocycles. The maximum Gasteiger partial charge on any atom is 0.262 e. The number of ether oxygens (including phenoxy) is 1. The zero-order valence-corrected chi connectivity index (χ0v) is 33.5. The molecule has 3 aliphatic carbocycles. The predicted molar refractivity (Wildman–Crippen MR) is 216 cm³/mol. The van der Waals surface area contributed by atoms with E-state index >= 15 is 0 Å². The molecule has 3 atom stereocenters. The Morgan fingerprint density at radius 1 is 0.847 bits per heavy atom. The Morgan fingerprint density at radius 3 is 2.08 bits per heavy atom. The summed E-state index contributed by atoms with van der Waals surface area (Å²) in [5.41, 5.74) is 5.07. The van der Waals surface area contributed by atoms with E-state index in [0.29, 0.717) is 33.0 Å². The summed E-state index contributed by atoms with van der Waals surface area (Å²) in [6.45, 7) is 2.41. The number of benzene rings is 3. The molecule has 12 heteroatoms. The lowest BCUT2D eigenvalue weighted by Gasteiger charge is -2.52. The fourth-order valence-electron chi connectivity index (χ4n) is 11.2. The topological polar surface area (TPSA) is 140 Å². The van der Waals surface area contributed by atoms with Crippen molar-refractivity contribution in [1.82, 2.24) is 20.0 Å². The molecular weight excluding hydrogens is 766 g/mol. The Morgan fingerprint density at radius 2 is 1.49 bits per heavy atom. The van der Waals surface area contributed by atoms with Crippen LogP contribution in [0.15, 0.2) is 54.6 Å². The summed E-state index contributed by atoms with van der Waals surface area (Å²) < 4.78 is 6.27. The number of nitrogens with zero attached hydrogens (tertiary/aromatic N) is 4. The second-order valence-electron chi connectivity index (χ2n) is 17.9. The van der Waals surface area contributed by atoms with E-state index in [1.165, 1.54) is 0 Å². The van der Waals surface area contributed by atoms with Crippen LogP contribution in [0.4, 0.5) is 0 Å². The summed E-state index contributed by atoms with van der Waals surface area (Å²) >= 11 is 6.23. The number of hydrogen-bond donors (Lipinski definition) is 1. The van der Waals surface area contributed by atoms with Crippen LogP contribution in [0.3, 0.4) is 0 Å². The van der Waals surface area contributed by atoms with Crippen LogP contribution < -0.4 is 10.1 Å². The molecule has 5 amide bonds. The highest BCUT2D eigenvalue weighted by atomic mass is 35.5. The van der Waals surface area contributed by atoms with E-state index in [0.717, 1.165) is 105 Å². The molecule has 59 heavy (non-hydrogen) atoms. The molecule has 3 unspecified atom stereocenters. The van der Waals surface area contributed by atoms with E-state index in [4.69, 9.17) is 16.3 Å². The molecule has 11 rings (SSSR count). The third-order valence-electron chi connectivity index (χ3n) is 14.4. The second-order valence-corrected chi connectivity index (χ2v) is 18.3. The number of amides is 5. The number of fused-ring (bicyclic) bond motifs is 7. The van der Waals surface area contributed by atoms with Gasteiger partial charge in [-0.2, -0.15) is 5.26 Å². The molecule has 8 aliphatic rings. The van der Waals surface area contributed by atoms with Crippen molar-refractivity contribution in [3.63, 3.8) is 0 Å². The first-order chi connectivity index (χ1) is 28.5. The minimum atomic E-state index is -0.961. The highest BCUT2D eigenvalue weighted by molar-refractivity contribution is 6.31. The number of nitrogens with one attached hydrogen (secondary N) is 1. The first kappa shape index (κ1) is 37.8. The van der Waals surface area contributed by atoms with E-state index in [2.05, 4.69) is 33.0 Å². The number of halogens is 1. The molecule has 5 heterocycles. The third-order valence-corrected chi connectivity index (χ3v) is 14.7. The quantitative estimate of drug-likeness (QED) is 0.219. The van der Waals surface area contributed by atoms with Crippen LogP contribution in [-0.4, -0.2) is 75.0 Å². The number of carbonyl (C=O) groups is 5. The van der Waals surface area contributed by atoms with Crippen LogP contribution in [0.1, 0.15) is 130 Å². The van der Waals surface area contributed by atoms with Gasteiger partial charge in [0, 0.05) is 73.6 Å². The summed E-state index contributed by atoms with van der Waals surface area (Å²) in [7, 11) is 0. The van der Waals surface area contributed by atoms with Crippen LogP contribution in [-0.2, 0) is 22.7 Å². The molecule has 11 nitrogen and oxygen atoms in total. The maximum atomic E-state index is 13.8. The Labute approximate surface area is 348 Å². The molecule has 4 bridgehead atoms. The largest absolute Gasteiger partial charge is 0.490 e. The van der Waals surface area contributed by atoms with Gasteiger partial charge < -0.3 is 9.64 Å². The van der Waals surface area contributed by atoms with Crippen molar-refractivity contribution >= 4 is 41.1 Å². The minimum absolute atomic E-state index is 0.00877. The summed E-state index contributed by atoms with van der Waals surface area (Å²) in [5.74, 6) is 5.99. The number of carbonyl (C=O) groups excluding carboxylic acids is 5. The van der Waals surface area contributed by atoms with E-state index in [1.807, 2.05) is 36.4 Å². The molecule has 3 aromatic rings. The van der Waals surface area contributed by atoms with Gasteiger partial charge in [0.1, 0.15) is 24.0 Å². The molecule has 0 radical (unpaired) electrons. The lowest BCUT2D eigenvalue weighted by atomic mass is 9.54. The summed E-state index contributed by atoms with van der Waals surface area (Å²) in [4.78, 5) is 70.3. The van der Waals surface area contributed by atoms with E-state index in [9.17, 15) is 29.2 Å². The Balaban J connectivity index is 0.730. The average Bonchev–Trinajstić information content (AvgIpc) is 3.83. The van der Waals surface area contributed by atoms with Crippen LogP contribution in [0.25, 0.3) is 0 Å². The number of imide groups is 2. The van der Waals surface area contributed by atoms with Crippen molar-refractivity contribution in [2.24, 2.45) is 10.8 Å². The predicted octanol–water partition coefficient (Wildman–Crippen LogP) is 6.54. The van der Waals surface area contributed by atoms with Crippen molar-refractivity contribution in [2.75, 3.05) is 6.54 Å². The number of nitriles is 1. The minimum Gasteiger partial charge on any atom is -0.490 e. The molecule has 5 aliphatic heterocycles. The highest BCUT2D eigenvalue weighted by Gasteiger charge is 2.50. The van der Waals surface area contributed by atoms with Gasteiger partial charge in [0.25, 0.3) is 17.7 Å². The number of piperidine rings is 2. The average molecular weight is 810 g/mol. The van der Waals surface area contributed by atoms with Crippen LogP contribution >= 0.6 is 11.6 Å². The fourth-order valence-corrected chi connectivity index (χ4v) is 11.4. The Hall–Kier alpha value is -5.49. The molecule has 0 aromatic heterocycles. The van der Waals surface area contributed by atoms with Crippen LogP contribution in [0, 0.1) is 34.0 Å². The zero-order chi connectivity index (χ0) is 40.6. The van der Waals surface area contributed by atoms with Gasteiger partial charge in [-0.3, -0.25) is 39.1 Å². The lowest BCUT2D eigenvalue weighted by molar-refractivity contribution is -0.136. The van der Waals surface area contributed by atoms with Gasteiger partial charge in [0.15, 0.2) is 0 Å². The zero-order valence-electron chi connectivity index (χ0n) is 32.7. The molecule has 6 fully saturated rings. The Kier molecular flexibility index (Phi) is 9.19. The molecule has 3 saturated carbocycles. The van der Waals surface area contributed by atoms with Gasteiger partial charge in [-0.15, -0.1) is 0 Å². The molecule has 1 N–H and O–H groups in total.